The first-order chi connectivity index (χ1) is 20.6. The number of carbonyl (C=O) groups excluding carboxylic acids is 1. The van der Waals surface area contributed by atoms with Crippen LogP contribution in [0, 0.1) is 0 Å². The summed E-state index contributed by atoms with van der Waals surface area (Å²) in [7, 11) is 3.19. The van der Waals surface area contributed by atoms with E-state index in [0.29, 0.717) is 12.0 Å². The average molecular weight is 604 g/mol. The van der Waals surface area contributed by atoms with Gasteiger partial charge >= 0.3 is 11.9 Å². The van der Waals surface area contributed by atoms with Gasteiger partial charge in [0.2, 0.25) is 0 Å². The second-order valence-electron chi connectivity index (χ2n) is 10.4. The molecule has 1 spiro atoms. The number of aliphatic hydroxyl groups excluding tert-OH is 5. The molecule has 0 bridgehead atoms. The SMILES string of the molecule is CN.COc1ccc2c3c1OC1C[C@@H](OC(=O)c4ccccc4)C=C[C@@]31CCCC2.O=C(O)[C@H](O)[C@@H](O)[C@H](O)[C@H](O)CO. The summed E-state index contributed by atoms with van der Waals surface area (Å²) in [5.41, 5.74) is 7.59. The number of rotatable bonds is 8. The zero-order valence-electron chi connectivity index (χ0n) is 24.2. The lowest BCUT2D eigenvalue weighted by atomic mass is 9.69. The van der Waals surface area contributed by atoms with Crippen molar-refractivity contribution < 1.29 is 54.4 Å². The van der Waals surface area contributed by atoms with Crippen LogP contribution in [0.25, 0.3) is 0 Å². The smallest absolute Gasteiger partial charge is 0.338 e. The molecule has 2 aromatic carbocycles. The molecular formula is C31H41NO11. The highest BCUT2D eigenvalue weighted by atomic mass is 16.6. The minimum absolute atomic E-state index is 0.0331. The Labute approximate surface area is 249 Å². The normalized spacial score (nSPS) is 24.0. The number of aliphatic carboxylic acids is 1. The lowest BCUT2D eigenvalue weighted by molar-refractivity contribution is -0.164. The number of hydrogen-bond donors (Lipinski definition) is 7. The third-order valence-corrected chi connectivity index (χ3v) is 7.84. The Morgan fingerprint density at radius 2 is 1.74 bits per heavy atom. The van der Waals surface area contributed by atoms with Crippen LogP contribution in [0.3, 0.4) is 0 Å². The number of aryl methyl sites for hydroxylation is 1. The Bertz CT molecular complexity index is 1250. The minimum Gasteiger partial charge on any atom is -0.493 e. The van der Waals surface area contributed by atoms with Crippen LogP contribution in [0.4, 0.5) is 0 Å². The van der Waals surface area contributed by atoms with Gasteiger partial charge < -0.3 is 50.6 Å². The maximum Gasteiger partial charge on any atom is 0.338 e. The zero-order valence-corrected chi connectivity index (χ0v) is 24.2. The number of hydrogen-bond acceptors (Lipinski definition) is 11. The Balaban J connectivity index is 0.000000288. The van der Waals surface area contributed by atoms with Gasteiger partial charge in [-0.25, -0.2) is 9.59 Å². The average Bonchev–Trinajstić information content (AvgIpc) is 3.26. The van der Waals surface area contributed by atoms with Crippen LogP contribution >= 0.6 is 0 Å². The van der Waals surface area contributed by atoms with E-state index in [1.165, 1.54) is 24.6 Å². The molecule has 1 unspecified atom stereocenters. The Kier molecular flexibility index (Phi) is 12.1. The molecule has 8 N–H and O–H groups in total. The highest BCUT2D eigenvalue weighted by Crippen LogP contribution is 2.56. The van der Waals surface area contributed by atoms with Gasteiger partial charge in [0.1, 0.15) is 30.5 Å². The van der Waals surface area contributed by atoms with Crippen molar-refractivity contribution in [1.29, 1.82) is 0 Å². The highest BCUT2D eigenvalue weighted by Gasteiger charge is 2.52. The molecule has 12 heteroatoms. The molecule has 236 valence electrons. The fourth-order valence-electron chi connectivity index (χ4n) is 5.66. The molecule has 0 aromatic heterocycles. The third-order valence-electron chi connectivity index (χ3n) is 7.84. The van der Waals surface area contributed by atoms with Crippen molar-refractivity contribution in [1.82, 2.24) is 0 Å². The molecular weight excluding hydrogens is 562 g/mol. The van der Waals surface area contributed by atoms with E-state index in [1.54, 1.807) is 19.2 Å². The lowest BCUT2D eigenvalue weighted by Crippen LogP contribution is -2.48. The van der Waals surface area contributed by atoms with E-state index in [0.717, 1.165) is 30.8 Å². The fraction of sp³-hybridized carbons (Fsp3) is 0.484. The van der Waals surface area contributed by atoms with Gasteiger partial charge in [-0.05, 0) is 56.1 Å². The topological polar surface area (TPSA) is 209 Å². The molecule has 0 saturated carbocycles. The Morgan fingerprint density at radius 3 is 2.37 bits per heavy atom. The number of methoxy groups -OCH3 is 1. The predicted molar refractivity (Wildman–Crippen MR) is 155 cm³/mol. The van der Waals surface area contributed by atoms with Crippen molar-refractivity contribution in [3.63, 3.8) is 0 Å². The molecule has 43 heavy (non-hydrogen) atoms. The molecule has 5 rings (SSSR count). The molecule has 3 aliphatic rings. The van der Waals surface area contributed by atoms with Crippen LogP contribution in [-0.4, -0.2) is 100.0 Å². The van der Waals surface area contributed by atoms with E-state index < -0.39 is 37.0 Å². The minimum atomic E-state index is -2.20. The number of benzene rings is 2. The van der Waals surface area contributed by atoms with Gasteiger partial charge in [-0.3, -0.25) is 0 Å². The molecule has 7 atom stereocenters. The number of nitrogens with two attached hydrogens (primary N) is 1. The highest BCUT2D eigenvalue weighted by molar-refractivity contribution is 5.89. The van der Waals surface area contributed by atoms with Crippen molar-refractivity contribution in [2.75, 3.05) is 20.8 Å². The maximum atomic E-state index is 12.5. The molecule has 0 saturated heterocycles. The largest absolute Gasteiger partial charge is 0.493 e. The van der Waals surface area contributed by atoms with E-state index in [9.17, 15) is 9.59 Å². The molecule has 1 heterocycles. The first-order valence-electron chi connectivity index (χ1n) is 14.1. The Morgan fingerprint density at radius 1 is 1.05 bits per heavy atom. The Hall–Kier alpha value is -3.52. The quantitative estimate of drug-likeness (QED) is 0.164. The van der Waals surface area contributed by atoms with E-state index in [4.69, 9.17) is 44.8 Å². The number of carboxylic acids is 1. The van der Waals surface area contributed by atoms with Crippen molar-refractivity contribution >= 4 is 11.9 Å². The number of esters is 1. The summed E-state index contributed by atoms with van der Waals surface area (Å²) < 4.78 is 17.8. The molecule has 0 fully saturated rings. The molecule has 0 radical (unpaired) electrons. The summed E-state index contributed by atoms with van der Waals surface area (Å²) in [5, 5.41) is 51.8. The monoisotopic (exact) mass is 603 g/mol. The van der Waals surface area contributed by atoms with Crippen LogP contribution < -0.4 is 15.2 Å². The van der Waals surface area contributed by atoms with Crippen LogP contribution in [0.1, 0.15) is 47.2 Å². The molecule has 2 aromatic rings. The maximum absolute atomic E-state index is 12.5. The lowest BCUT2D eigenvalue weighted by Gasteiger charge is -2.36. The second-order valence-corrected chi connectivity index (χ2v) is 10.4. The number of aliphatic hydroxyl groups is 5. The van der Waals surface area contributed by atoms with Gasteiger partial charge in [0.15, 0.2) is 17.6 Å². The van der Waals surface area contributed by atoms with E-state index in [1.807, 2.05) is 24.3 Å². The van der Waals surface area contributed by atoms with Crippen molar-refractivity contribution in [2.45, 2.75) is 74.1 Å². The molecule has 1 aliphatic heterocycles. The van der Waals surface area contributed by atoms with Gasteiger partial charge in [-0.15, -0.1) is 0 Å². The van der Waals surface area contributed by atoms with Crippen LogP contribution in [0.5, 0.6) is 11.5 Å². The molecule has 0 amide bonds. The van der Waals surface area contributed by atoms with Gasteiger partial charge in [0.05, 0.1) is 24.7 Å². The van der Waals surface area contributed by atoms with Gasteiger partial charge in [-0.1, -0.05) is 36.8 Å². The first kappa shape index (κ1) is 34.0. The second kappa shape index (κ2) is 15.3. The summed E-state index contributed by atoms with van der Waals surface area (Å²) in [6, 6.07) is 13.3. The first-order valence-corrected chi connectivity index (χ1v) is 14.1. The van der Waals surface area contributed by atoms with Crippen LogP contribution in [0.2, 0.25) is 0 Å². The van der Waals surface area contributed by atoms with Crippen LogP contribution in [-0.2, 0) is 21.4 Å². The molecule has 2 aliphatic carbocycles. The van der Waals surface area contributed by atoms with Crippen molar-refractivity contribution in [3.05, 3.63) is 71.3 Å². The molecule has 12 nitrogen and oxygen atoms in total. The van der Waals surface area contributed by atoms with Gasteiger partial charge in [0, 0.05) is 12.0 Å². The number of ether oxygens (including phenoxy) is 3. The third kappa shape index (κ3) is 7.35. The van der Waals surface area contributed by atoms with Crippen molar-refractivity contribution in [2.24, 2.45) is 5.73 Å². The standard InChI is InChI=1S/C24H24O4.C6H12O7.CH5N/c1-26-19-11-10-16-7-5-6-13-24-14-12-18(15-20(24)28-22(19)21(16)24)27-23(25)17-8-3-2-4-9-17;7-1-2(8)3(9)4(10)5(11)6(12)13;1-2/h2-4,8-12,14,18,20H,5-7,13,15H2,1H3;2-5,7-11H,1H2,(H,12,13);2H2,1H3/t18-,20?,24+;2-,3-,4+,5-;/m01./s1. The summed E-state index contributed by atoms with van der Waals surface area (Å²) >= 11 is 0. The van der Waals surface area contributed by atoms with E-state index in [2.05, 4.69) is 24.0 Å². The predicted octanol–water partition coefficient (Wildman–Crippen LogP) is 0.688. The van der Waals surface area contributed by atoms with E-state index in [-0.39, 0.29) is 23.6 Å². The van der Waals surface area contributed by atoms with Gasteiger partial charge in [-0.2, -0.15) is 0 Å². The fourth-order valence-corrected chi connectivity index (χ4v) is 5.66. The summed E-state index contributed by atoms with van der Waals surface area (Å²) in [6.07, 6.45) is 1.29. The summed E-state index contributed by atoms with van der Waals surface area (Å²) in [6.45, 7) is -0.843. The zero-order chi connectivity index (χ0) is 31.7. The van der Waals surface area contributed by atoms with Crippen molar-refractivity contribution in [3.8, 4) is 11.5 Å². The number of carboxylic acid groups (broad SMARTS) is 1. The van der Waals surface area contributed by atoms with Crippen LogP contribution in [0.15, 0.2) is 54.6 Å². The van der Waals surface area contributed by atoms with Gasteiger partial charge in [0.25, 0.3) is 0 Å². The summed E-state index contributed by atoms with van der Waals surface area (Å²) in [4.78, 5) is 22.6. The number of carbonyl (C=O) groups is 2. The van der Waals surface area contributed by atoms with E-state index >= 15 is 0 Å². The summed E-state index contributed by atoms with van der Waals surface area (Å²) in [5.74, 6) is -0.343.